The van der Waals surface area contributed by atoms with Crippen LogP contribution in [-0.4, -0.2) is 33.7 Å². The van der Waals surface area contributed by atoms with E-state index in [1.54, 1.807) is 0 Å². The molecule has 4 nitrogen and oxygen atoms in total. The summed E-state index contributed by atoms with van der Waals surface area (Å²) in [6.07, 6.45) is 0. The number of carbonyl (C=O) groups excluding carboxylic acids is 1. The monoisotopic (exact) mass is 305 g/mol. The lowest BCUT2D eigenvalue weighted by atomic mass is 10.1. The van der Waals surface area contributed by atoms with Crippen molar-refractivity contribution < 1.29 is 27.9 Å². The first-order valence-corrected chi connectivity index (χ1v) is 6.65. The van der Waals surface area contributed by atoms with E-state index in [2.05, 4.69) is 0 Å². The largest absolute Gasteiger partial charge is 0.480 e. The van der Waals surface area contributed by atoms with Gasteiger partial charge in [0, 0.05) is 24.8 Å². The molecule has 1 aliphatic heterocycles. The Morgan fingerprint density at radius 2 is 1.85 bits per heavy atom. The molecule has 2 rings (SSSR count). The van der Waals surface area contributed by atoms with Gasteiger partial charge in [-0.1, -0.05) is 0 Å². The molecule has 0 aliphatic carbocycles. The van der Waals surface area contributed by atoms with Crippen LogP contribution in [0.4, 0.5) is 13.2 Å². The Bertz CT molecular complexity index is 558. The maximum absolute atomic E-state index is 13.7. The number of thioether (sulfide) groups is 1. The van der Waals surface area contributed by atoms with E-state index in [-0.39, 0.29) is 5.75 Å². The maximum Gasteiger partial charge on any atom is 0.327 e. The van der Waals surface area contributed by atoms with Crippen molar-refractivity contribution in [2.75, 3.05) is 5.75 Å². The van der Waals surface area contributed by atoms with Crippen LogP contribution < -0.4 is 0 Å². The van der Waals surface area contributed by atoms with Gasteiger partial charge in [0.25, 0.3) is 0 Å². The van der Waals surface area contributed by atoms with Crippen molar-refractivity contribution in [2.45, 2.75) is 18.3 Å². The summed E-state index contributed by atoms with van der Waals surface area (Å²) in [5.74, 6) is -5.21. The fourth-order valence-electron chi connectivity index (χ4n) is 2.09. The van der Waals surface area contributed by atoms with Gasteiger partial charge in [-0.15, -0.1) is 11.8 Å². The van der Waals surface area contributed by atoms with Gasteiger partial charge in [-0.05, 0) is 0 Å². The van der Waals surface area contributed by atoms with Crippen LogP contribution in [0.2, 0.25) is 0 Å². The topological polar surface area (TPSA) is 57.6 Å². The first kappa shape index (κ1) is 14.7. The Balaban J connectivity index is 2.47. The van der Waals surface area contributed by atoms with Crippen LogP contribution >= 0.6 is 11.8 Å². The zero-order chi connectivity index (χ0) is 15.0. The van der Waals surface area contributed by atoms with Crippen molar-refractivity contribution in [1.82, 2.24) is 4.90 Å². The summed E-state index contributed by atoms with van der Waals surface area (Å²) in [6, 6.07) is -0.150. The minimum absolute atomic E-state index is 0.00976. The van der Waals surface area contributed by atoms with E-state index >= 15 is 0 Å². The molecule has 8 heteroatoms. The zero-order valence-electron chi connectivity index (χ0n) is 10.3. The van der Waals surface area contributed by atoms with Crippen LogP contribution in [-0.2, 0) is 9.59 Å². The molecule has 1 saturated heterocycles. The Hall–Kier alpha value is -1.70. The summed E-state index contributed by atoms with van der Waals surface area (Å²) in [4.78, 5) is 23.5. The molecule has 1 amide bonds. The summed E-state index contributed by atoms with van der Waals surface area (Å²) in [5.41, 5.74) is -0.504. The predicted molar refractivity (Wildman–Crippen MR) is 65.5 cm³/mol. The van der Waals surface area contributed by atoms with E-state index in [0.29, 0.717) is 12.1 Å². The van der Waals surface area contributed by atoms with Crippen LogP contribution in [0.15, 0.2) is 12.1 Å². The molecule has 0 bridgehead atoms. The zero-order valence-corrected chi connectivity index (χ0v) is 11.1. The number of carbonyl (C=O) groups is 2. The summed E-state index contributed by atoms with van der Waals surface area (Å²) >= 11 is 0.924. The van der Waals surface area contributed by atoms with Gasteiger partial charge in [0.1, 0.15) is 28.9 Å². The summed E-state index contributed by atoms with van der Waals surface area (Å²) in [6.45, 7) is 1.12. The number of halogens is 3. The Kier molecular flexibility index (Phi) is 3.94. The third kappa shape index (κ3) is 2.47. The number of hydrogen-bond donors (Lipinski definition) is 1. The van der Waals surface area contributed by atoms with E-state index in [1.165, 1.54) is 0 Å². The molecule has 0 radical (unpaired) electrons. The lowest BCUT2D eigenvalue weighted by Gasteiger charge is -2.26. The fraction of sp³-hybridized carbons (Fsp3) is 0.333. The highest BCUT2D eigenvalue weighted by atomic mass is 32.2. The van der Waals surface area contributed by atoms with Crippen molar-refractivity contribution in [3.63, 3.8) is 0 Å². The average Bonchev–Trinajstić information content (AvgIpc) is 2.72. The minimum atomic E-state index is -1.25. The van der Waals surface area contributed by atoms with E-state index in [4.69, 9.17) is 5.11 Å². The molecule has 108 valence electrons. The Morgan fingerprint density at radius 1 is 1.30 bits per heavy atom. The van der Waals surface area contributed by atoms with Crippen LogP contribution in [0.25, 0.3) is 0 Å². The molecule has 1 aromatic rings. The van der Waals surface area contributed by atoms with Crippen molar-refractivity contribution in [3.8, 4) is 0 Å². The lowest BCUT2D eigenvalue weighted by molar-refractivity contribution is -0.148. The third-order valence-electron chi connectivity index (χ3n) is 2.94. The Labute approximate surface area is 116 Å². The van der Waals surface area contributed by atoms with Gasteiger partial charge >= 0.3 is 5.97 Å². The molecule has 1 aromatic carbocycles. The molecule has 1 N–H and O–H groups in total. The van der Waals surface area contributed by atoms with Gasteiger partial charge < -0.3 is 10.0 Å². The van der Waals surface area contributed by atoms with Gasteiger partial charge in [0.2, 0.25) is 5.91 Å². The van der Waals surface area contributed by atoms with E-state index in [1.807, 2.05) is 0 Å². The highest BCUT2D eigenvalue weighted by Crippen LogP contribution is 2.43. The minimum Gasteiger partial charge on any atom is -0.480 e. The molecule has 0 saturated carbocycles. The smallest absolute Gasteiger partial charge is 0.327 e. The quantitative estimate of drug-likeness (QED) is 0.909. The molecular formula is C12H10F3NO3S. The first-order chi connectivity index (χ1) is 9.32. The fourth-order valence-corrected chi connectivity index (χ4v) is 3.61. The van der Waals surface area contributed by atoms with Crippen molar-refractivity contribution in [2.24, 2.45) is 0 Å². The number of nitrogens with zero attached hydrogens (tertiary/aromatic N) is 1. The first-order valence-electron chi connectivity index (χ1n) is 5.60. The van der Waals surface area contributed by atoms with Gasteiger partial charge in [-0.3, -0.25) is 4.79 Å². The average molecular weight is 305 g/mol. The highest BCUT2D eigenvalue weighted by molar-refractivity contribution is 7.99. The van der Waals surface area contributed by atoms with Crippen LogP contribution in [0.5, 0.6) is 0 Å². The molecule has 2 atom stereocenters. The molecule has 1 heterocycles. The predicted octanol–water partition coefficient (Wildman–Crippen LogP) is 2.15. The molecule has 1 fully saturated rings. The molecule has 20 heavy (non-hydrogen) atoms. The number of rotatable bonds is 2. The summed E-state index contributed by atoms with van der Waals surface area (Å²) in [7, 11) is 0. The number of benzene rings is 1. The molecule has 0 aromatic heterocycles. The highest BCUT2D eigenvalue weighted by Gasteiger charge is 2.43. The number of carboxylic acid groups (broad SMARTS) is 1. The second kappa shape index (κ2) is 5.35. The Morgan fingerprint density at radius 3 is 2.30 bits per heavy atom. The number of aliphatic carboxylic acids is 1. The van der Waals surface area contributed by atoms with Crippen molar-refractivity contribution >= 4 is 23.6 Å². The second-order valence-electron chi connectivity index (χ2n) is 4.25. The van der Waals surface area contributed by atoms with Gasteiger partial charge in [0.05, 0.1) is 5.56 Å². The van der Waals surface area contributed by atoms with Crippen LogP contribution in [0, 0.1) is 17.5 Å². The molecule has 0 spiro atoms. The number of hydrogen-bond acceptors (Lipinski definition) is 3. The van der Waals surface area contributed by atoms with Crippen LogP contribution in [0.3, 0.4) is 0 Å². The van der Waals surface area contributed by atoms with E-state index < -0.39 is 46.3 Å². The number of carboxylic acids is 1. The second-order valence-corrected chi connectivity index (χ2v) is 5.36. The van der Waals surface area contributed by atoms with Gasteiger partial charge in [-0.25, -0.2) is 18.0 Å². The lowest BCUT2D eigenvalue weighted by Crippen LogP contribution is -2.42. The molecule has 0 unspecified atom stereocenters. The van der Waals surface area contributed by atoms with Crippen molar-refractivity contribution in [3.05, 3.63) is 35.1 Å². The molecule has 1 aliphatic rings. The van der Waals surface area contributed by atoms with Crippen LogP contribution in [0.1, 0.15) is 17.9 Å². The van der Waals surface area contributed by atoms with Gasteiger partial charge in [-0.2, -0.15) is 0 Å². The van der Waals surface area contributed by atoms with Crippen molar-refractivity contribution in [1.29, 1.82) is 0 Å². The summed E-state index contributed by atoms with van der Waals surface area (Å²) in [5, 5.41) is 7.91. The van der Waals surface area contributed by atoms with E-state index in [0.717, 1.165) is 23.6 Å². The normalized spacial score (nSPS) is 22.1. The third-order valence-corrected chi connectivity index (χ3v) is 4.23. The summed E-state index contributed by atoms with van der Waals surface area (Å²) < 4.78 is 40.4. The van der Waals surface area contributed by atoms with Gasteiger partial charge in [0.15, 0.2) is 0 Å². The SMILES string of the molecule is CC(=O)N1[C@@H](C(=O)O)CS[C@H]1c1c(F)cc(F)cc1F. The standard InChI is InChI=1S/C12H10F3NO3S/c1-5(17)16-9(12(18)19)4-20-11(16)10-7(14)2-6(13)3-8(10)15/h2-3,9,11H,4H2,1H3,(H,18,19)/t9-,11+/m1/s1. The maximum atomic E-state index is 13.7. The van der Waals surface area contributed by atoms with E-state index in [9.17, 15) is 22.8 Å². The number of amides is 1. The molecular weight excluding hydrogens is 295 g/mol.